The Hall–Kier alpha value is -4.68. The summed E-state index contributed by atoms with van der Waals surface area (Å²) in [5.41, 5.74) is 6.82. The number of nitrogen functional groups attached to an aromatic ring is 1. The smallest absolute Gasteiger partial charge is 0.338 e. The van der Waals surface area contributed by atoms with Crippen molar-refractivity contribution in [1.29, 1.82) is 0 Å². The van der Waals surface area contributed by atoms with E-state index in [9.17, 15) is 23.2 Å². The lowest BCUT2D eigenvalue weighted by atomic mass is 10.1. The Morgan fingerprint density at radius 2 is 1.68 bits per heavy atom. The van der Waals surface area contributed by atoms with E-state index in [1.54, 1.807) is 23.1 Å². The van der Waals surface area contributed by atoms with Crippen molar-refractivity contribution in [2.45, 2.75) is 32.4 Å². The van der Waals surface area contributed by atoms with E-state index in [4.69, 9.17) is 5.73 Å². The van der Waals surface area contributed by atoms with Crippen LogP contribution in [0.25, 0.3) is 26.5 Å². The fraction of sp³-hybridized carbons (Fsp3) is 0.250. The summed E-state index contributed by atoms with van der Waals surface area (Å²) in [5, 5.41) is 0.254. The first-order valence-corrected chi connectivity index (χ1v) is 15.0. The maximum Gasteiger partial charge on any atom is 0.338 e. The van der Waals surface area contributed by atoms with Crippen molar-refractivity contribution in [3.05, 3.63) is 104 Å². The van der Waals surface area contributed by atoms with Crippen LogP contribution in [-0.2, 0) is 17.9 Å². The molecule has 0 saturated carbocycles. The van der Waals surface area contributed by atoms with Crippen LogP contribution in [0.3, 0.4) is 0 Å². The summed E-state index contributed by atoms with van der Waals surface area (Å²) < 4.78 is 32.0. The summed E-state index contributed by atoms with van der Waals surface area (Å²) in [6.45, 7) is 0.464. The lowest BCUT2D eigenvalue weighted by Crippen LogP contribution is -2.40. The first-order valence-electron chi connectivity index (χ1n) is 14.2. The van der Waals surface area contributed by atoms with Crippen LogP contribution >= 0.6 is 11.3 Å². The predicted octanol–water partition coefficient (Wildman–Crippen LogP) is 4.76. The summed E-state index contributed by atoms with van der Waals surface area (Å²) in [5.74, 6) is -1.59. The molecule has 0 unspecified atom stereocenters. The number of hydrogen-bond acceptors (Lipinski definition) is 7. The van der Waals surface area contributed by atoms with Gasteiger partial charge in [0.05, 0.1) is 23.8 Å². The van der Waals surface area contributed by atoms with E-state index < -0.39 is 29.4 Å². The highest BCUT2D eigenvalue weighted by molar-refractivity contribution is 7.22. The van der Waals surface area contributed by atoms with Gasteiger partial charge in [-0.3, -0.25) is 14.2 Å². The number of halogens is 2. The van der Waals surface area contributed by atoms with Gasteiger partial charge in [0.2, 0.25) is 5.91 Å². The van der Waals surface area contributed by atoms with Gasteiger partial charge in [-0.05, 0) is 74.5 Å². The zero-order chi connectivity index (χ0) is 31.1. The summed E-state index contributed by atoms with van der Waals surface area (Å²) in [7, 11) is 3.73. The standard InChI is InChI=1S/C32H30F2N6O3S/c1-37(2)17-23-28-30(42)40(26-14-13-21(16-36-26)38-15-4-3-8-27(38)41)32(43)39(18-22-24(33)6-5-7-25(22)34)31(28)44-29(23)19-9-11-20(35)12-10-19/h5-7,9-14,16H,3-4,8,15,17-18,35H2,1-2H3. The van der Waals surface area contributed by atoms with Crippen LogP contribution in [0.15, 0.2) is 70.4 Å². The number of thiophene rings is 1. The van der Waals surface area contributed by atoms with Crippen LogP contribution in [0.1, 0.15) is 30.4 Å². The van der Waals surface area contributed by atoms with Crippen LogP contribution in [0.5, 0.6) is 0 Å². The Morgan fingerprint density at radius 1 is 0.955 bits per heavy atom. The highest BCUT2D eigenvalue weighted by Crippen LogP contribution is 2.38. The summed E-state index contributed by atoms with van der Waals surface area (Å²) in [4.78, 5) is 49.9. The highest BCUT2D eigenvalue weighted by atomic mass is 32.1. The molecule has 1 saturated heterocycles. The zero-order valence-electron chi connectivity index (χ0n) is 24.2. The molecule has 1 fully saturated rings. The lowest BCUT2D eigenvalue weighted by Gasteiger charge is -2.26. The van der Waals surface area contributed by atoms with Crippen molar-refractivity contribution >= 4 is 38.8 Å². The first-order chi connectivity index (χ1) is 21.1. The number of carbonyl (C=O) groups excluding carboxylic acids is 1. The van der Waals surface area contributed by atoms with E-state index in [1.807, 2.05) is 31.1 Å². The Balaban J connectivity index is 1.62. The summed E-state index contributed by atoms with van der Waals surface area (Å²) >= 11 is 1.21. The molecule has 3 aromatic heterocycles. The van der Waals surface area contributed by atoms with E-state index in [2.05, 4.69) is 4.98 Å². The number of piperidine rings is 1. The third-order valence-corrected chi connectivity index (χ3v) is 9.00. The van der Waals surface area contributed by atoms with Crippen LogP contribution in [0, 0.1) is 11.6 Å². The predicted molar refractivity (Wildman–Crippen MR) is 168 cm³/mol. The third kappa shape index (κ3) is 5.31. The molecule has 4 heterocycles. The van der Waals surface area contributed by atoms with Crippen LogP contribution in [0.2, 0.25) is 0 Å². The molecule has 12 heteroatoms. The number of anilines is 2. The van der Waals surface area contributed by atoms with Gasteiger partial charge in [-0.2, -0.15) is 0 Å². The number of hydrogen-bond donors (Lipinski definition) is 1. The van der Waals surface area contributed by atoms with Crippen molar-refractivity contribution in [1.82, 2.24) is 19.0 Å². The van der Waals surface area contributed by atoms with Gasteiger partial charge in [-0.15, -0.1) is 11.3 Å². The van der Waals surface area contributed by atoms with Crippen molar-refractivity contribution in [2.24, 2.45) is 0 Å². The van der Waals surface area contributed by atoms with Gasteiger partial charge in [0, 0.05) is 35.6 Å². The minimum atomic E-state index is -0.805. The second-order valence-corrected chi connectivity index (χ2v) is 12.0. The molecule has 0 spiro atoms. The maximum atomic E-state index is 14.9. The van der Waals surface area contributed by atoms with E-state index in [1.165, 1.54) is 34.2 Å². The third-order valence-electron chi connectivity index (χ3n) is 7.69. The first kappa shape index (κ1) is 29.4. The van der Waals surface area contributed by atoms with E-state index in [0.717, 1.165) is 40.0 Å². The molecule has 0 aliphatic carbocycles. The van der Waals surface area contributed by atoms with Gasteiger partial charge in [0.1, 0.15) is 22.3 Å². The molecule has 2 N–H and O–H groups in total. The average Bonchev–Trinajstić information content (AvgIpc) is 3.36. The van der Waals surface area contributed by atoms with E-state index in [0.29, 0.717) is 36.4 Å². The van der Waals surface area contributed by atoms with Gasteiger partial charge in [0.15, 0.2) is 0 Å². The van der Waals surface area contributed by atoms with Gasteiger partial charge >= 0.3 is 5.69 Å². The molecule has 226 valence electrons. The molecule has 2 aromatic carbocycles. The van der Waals surface area contributed by atoms with Crippen LogP contribution in [-0.4, -0.2) is 45.6 Å². The molecule has 1 aliphatic rings. The molecule has 0 radical (unpaired) electrons. The quantitative estimate of drug-likeness (QED) is 0.264. The normalized spacial score (nSPS) is 13.8. The fourth-order valence-corrected chi connectivity index (χ4v) is 6.84. The van der Waals surface area contributed by atoms with E-state index in [-0.39, 0.29) is 27.5 Å². The number of pyridine rings is 1. The van der Waals surface area contributed by atoms with Gasteiger partial charge in [-0.1, -0.05) is 18.2 Å². The van der Waals surface area contributed by atoms with Gasteiger partial charge in [0.25, 0.3) is 5.56 Å². The van der Waals surface area contributed by atoms with Crippen LogP contribution < -0.4 is 21.9 Å². The Labute approximate surface area is 255 Å². The Morgan fingerprint density at radius 3 is 2.32 bits per heavy atom. The lowest BCUT2D eigenvalue weighted by molar-refractivity contribution is -0.119. The molecular weight excluding hydrogens is 586 g/mol. The Kier molecular flexibility index (Phi) is 7.87. The minimum Gasteiger partial charge on any atom is -0.399 e. The van der Waals surface area contributed by atoms with E-state index >= 15 is 0 Å². The topological polar surface area (TPSA) is 106 Å². The van der Waals surface area contributed by atoms with Crippen LogP contribution in [0.4, 0.5) is 20.2 Å². The number of carbonyl (C=O) groups is 1. The SMILES string of the molecule is CN(C)Cc1c(-c2ccc(N)cc2)sc2c1c(=O)n(-c1ccc(N3CCCCC3=O)cn1)c(=O)n2Cc1c(F)cccc1F. The zero-order valence-corrected chi connectivity index (χ0v) is 25.0. The maximum absolute atomic E-state index is 14.9. The number of nitrogens with two attached hydrogens (primary N) is 1. The molecule has 0 bridgehead atoms. The van der Waals surface area contributed by atoms with Gasteiger partial charge < -0.3 is 15.5 Å². The van der Waals surface area contributed by atoms with Crippen molar-refractivity contribution in [3.8, 4) is 16.3 Å². The number of fused-ring (bicyclic) bond motifs is 1. The molecule has 1 amide bonds. The molecule has 44 heavy (non-hydrogen) atoms. The molecule has 9 nitrogen and oxygen atoms in total. The molecule has 0 atom stereocenters. The number of nitrogens with zero attached hydrogens (tertiary/aromatic N) is 5. The molecule has 1 aliphatic heterocycles. The minimum absolute atomic E-state index is 0.0135. The second-order valence-electron chi connectivity index (χ2n) is 11.0. The molecule has 5 aromatic rings. The summed E-state index contributed by atoms with van der Waals surface area (Å²) in [6, 6.07) is 13.8. The van der Waals surface area contributed by atoms with Crippen molar-refractivity contribution in [3.63, 3.8) is 0 Å². The molecule has 6 rings (SSSR count). The van der Waals surface area contributed by atoms with Gasteiger partial charge in [-0.25, -0.2) is 23.1 Å². The fourth-order valence-electron chi connectivity index (χ4n) is 5.54. The number of aromatic nitrogens is 3. The number of amides is 1. The Bertz CT molecular complexity index is 1980. The molecular formula is C32H30F2N6O3S. The number of rotatable bonds is 7. The second kappa shape index (κ2) is 11.8. The van der Waals surface area contributed by atoms with Crippen molar-refractivity contribution < 1.29 is 13.6 Å². The largest absolute Gasteiger partial charge is 0.399 e. The summed E-state index contributed by atoms with van der Waals surface area (Å²) in [6.07, 6.45) is 3.60. The highest BCUT2D eigenvalue weighted by Gasteiger charge is 2.26. The number of benzene rings is 2. The average molecular weight is 617 g/mol. The monoisotopic (exact) mass is 616 g/mol. The van der Waals surface area contributed by atoms with Crippen molar-refractivity contribution in [2.75, 3.05) is 31.3 Å².